The molecule has 0 bridgehead atoms. The van der Waals surface area contributed by atoms with E-state index < -0.39 is 23.6 Å². The van der Waals surface area contributed by atoms with Crippen LogP contribution in [0.15, 0.2) is 0 Å². The average molecular weight is 212 g/mol. The van der Waals surface area contributed by atoms with E-state index in [1.54, 1.807) is 0 Å². The monoisotopic (exact) mass is 212 g/mol. The fourth-order valence-corrected chi connectivity index (χ4v) is 2.68. The Morgan fingerprint density at radius 2 is 1.93 bits per heavy atom. The third kappa shape index (κ3) is 1.16. The minimum Gasteiger partial charge on any atom is -0.453 e. The Bertz CT molecular complexity index is 348. The van der Waals surface area contributed by atoms with Crippen molar-refractivity contribution in [1.29, 1.82) is 0 Å². The molecule has 0 aromatic carbocycles. The summed E-state index contributed by atoms with van der Waals surface area (Å²) in [6.07, 6.45) is -0.298. The van der Waals surface area contributed by atoms with Crippen molar-refractivity contribution in [1.82, 2.24) is 0 Å². The van der Waals surface area contributed by atoms with E-state index in [0.717, 1.165) is 0 Å². The molecular formula is C10H12O5. The topological polar surface area (TPSA) is 61.8 Å². The van der Waals surface area contributed by atoms with Crippen LogP contribution in [0.25, 0.3) is 0 Å². The second-order valence-electron chi connectivity index (χ2n) is 4.71. The lowest BCUT2D eigenvalue weighted by molar-refractivity contribution is -0.169. The van der Waals surface area contributed by atoms with E-state index in [4.69, 9.17) is 14.2 Å². The molecule has 2 saturated heterocycles. The molecule has 0 spiro atoms. The summed E-state index contributed by atoms with van der Waals surface area (Å²) in [6.45, 7) is 3.64. The van der Waals surface area contributed by atoms with Crippen molar-refractivity contribution in [2.75, 3.05) is 0 Å². The number of carbonyl (C=O) groups is 2. The second-order valence-corrected chi connectivity index (χ2v) is 4.71. The number of ether oxygens (including phenoxy) is 3. The molecule has 3 aliphatic rings. The van der Waals surface area contributed by atoms with Gasteiger partial charge in [0.05, 0.1) is 12.0 Å². The maximum absolute atomic E-state index is 11.4. The van der Waals surface area contributed by atoms with Gasteiger partial charge in [0.15, 0.2) is 5.79 Å². The van der Waals surface area contributed by atoms with Gasteiger partial charge in [0.25, 0.3) is 0 Å². The Kier molecular flexibility index (Phi) is 1.61. The summed E-state index contributed by atoms with van der Waals surface area (Å²) in [5.74, 6) is -2.15. The van der Waals surface area contributed by atoms with Gasteiger partial charge in [-0.1, -0.05) is 0 Å². The van der Waals surface area contributed by atoms with E-state index in [9.17, 15) is 9.59 Å². The Hall–Kier alpha value is -0.940. The number of ketones is 1. The van der Waals surface area contributed by atoms with E-state index in [-0.39, 0.29) is 18.1 Å². The van der Waals surface area contributed by atoms with Gasteiger partial charge in [0.1, 0.15) is 12.2 Å². The molecule has 82 valence electrons. The van der Waals surface area contributed by atoms with Crippen molar-refractivity contribution in [3.05, 3.63) is 0 Å². The quantitative estimate of drug-likeness (QED) is 0.418. The lowest BCUT2D eigenvalue weighted by Gasteiger charge is -2.20. The molecular weight excluding hydrogens is 200 g/mol. The van der Waals surface area contributed by atoms with Crippen molar-refractivity contribution in [2.24, 2.45) is 5.92 Å². The predicted octanol–water partition coefficient (Wildman–Crippen LogP) is 0.0209. The second kappa shape index (κ2) is 2.59. The highest BCUT2D eigenvalue weighted by atomic mass is 16.8. The lowest BCUT2D eigenvalue weighted by atomic mass is 10.0. The summed E-state index contributed by atoms with van der Waals surface area (Å²) in [5, 5.41) is 0. The average Bonchev–Trinajstić information content (AvgIpc) is 2.66. The highest BCUT2D eigenvalue weighted by molar-refractivity contribution is 6.36. The van der Waals surface area contributed by atoms with Crippen molar-refractivity contribution in [3.8, 4) is 0 Å². The van der Waals surface area contributed by atoms with Crippen molar-refractivity contribution < 1.29 is 23.8 Å². The fraction of sp³-hybridized carbons (Fsp3) is 0.800. The molecule has 0 amide bonds. The summed E-state index contributed by atoms with van der Waals surface area (Å²) in [4.78, 5) is 22.5. The Morgan fingerprint density at radius 1 is 1.20 bits per heavy atom. The van der Waals surface area contributed by atoms with Crippen molar-refractivity contribution in [3.63, 3.8) is 0 Å². The molecule has 5 nitrogen and oxygen atoms in total. The molecule has 3 unspecified atom stereocenters. The van der Waals surface area contributed by atoms with Crippen LogP contribution in [0.2, 0.25) is 0 Å². The SMILES string of the molecule is CC1(C)OC2CC3C(=O)C(=O)O[C@@H]3C2O1. The fourth-order valence-electron chi connectivity index (χ4n) is 2.68. The molecule has 3 fully saturated rings. The first kappa shape index (κ1) is 9.30. The van der Waals surface area contributed by atoms with Crippen LogP contribution in [0, 0.1) is 5.92 Å². The van der Waals surface area contributed by atoms with Crippen LogP contribution in [0.4, 0.5) is 0 Å². The van der Waals surface area contributed by atoms with Crippen LogP contribution < -0.4 is 0 Å². The highest BCUT2D eigenvalue weighted by Crippen LogP contribution is 2.45. The van der Waals surface area contributed by atoms with Crippen LogP contribution >= 0.6 is 0 Å². The number of rotatable bonds is 0. The molecule has 4 atom stereocenters. The minimum atomic E-state index is -0.725. The van der Waals surface area contributed by atoms with Crippen LogP contribution in [0.1, 0.15) is 20.3 Å². The standard InChI is InChI=1S/C10H12O5/c1-10(2)14-5-3-4-6(11)9(12)13-7(4)8(5)15-10/h4-5,7-8H,3H2,1-2H3/t4?,5?,7-,8?/m0/s1. The number of fused-ring (bicyclic) bond motifs is 3. The zero-order valence-corrected chi connectivity index (χ0v) is 8.56. The third-order valence-corrected chi connectivity index (χ3v) is 3.21. The largest absolute Gasteiger partial charge is 0.453 e. The summed E-state index contributed by atoms with van der Waals surface area (Å²) in [5.41, 5.74) is 0. The predicted molar refractivity (Wildman–Crippen MR) is 46.8 cm³/mol. The lowest BCUT2D eigenvalue weighted by Crippen LogP contribution is -2.31. The van der Waals surface area contributed by atoms with E-state index >= 15 is 0 Å². The number of esters is 1. The summed E-state index contributed by atoms with van der Waals surface area (Å²) >= 11 is 0. The summed E-state index contributed by atoms with van der Waals surface area (Å²) < 4.78 is 16.3. The van der Waals surface area contributed by atoms with Crippen LogP contribution in [-0.4, -0.2) is 35.9 Å². The molecule has 2 aliphatic heterocycles. The van der Waals surface area contributed by atoms with E-state index in [1.165, 1.54) is 0 Å². The van der Waals surface area contributed by atoms with Gasteiger partial charge in [-0.25, -0.2) is 4.79 Å². The first-order valence-corrected chi connectivity index (χ1v) is 5.08. The maximum Gasteiger partial charge on any atom is 0.375 e. The Morgan fingerprint density at radius 3 is 2.67 bits per heavy atom. The number of carbonyl (C=O) groups excluding carboxylic acids is 2. The minimum absolute atomic E-state index is 0.118. The van der Waals surface area contributed by atoms with Gasteiger partial charge in [-0.2, -0.15) is 0 Å². The molecule has 1 saturated carbocycles. The van der Waals surface area contributed by atoms with Crippen LogP contribution in [0.3, 0.4) is 0 Å². The van der Waals surface area contributed by atoms with Gasteiger partial charge in [-0.15, -0.1) is 0 Å². The summed E-state index contributed by atoms with van der Waals surface area (Å²) in [6, 6.07) is 0. The molecule has 15 heavy (non-hydrogen) atoms. The third-order valence-electron chi connectivity index (χ3n) is 3.21. The van der Waals surface area contributed by atoms with Crippen molar-refractivity contribution in [2.45, 2.75) is 44.4 Å². The molecule has 0 radical (unpaired) electrons. The molecule has 1 aliphatic carbocycles. The van der Waals surface area contributed by atoms with Gasteiger partial charge < -0.3 is 14.2 Å². The summed E-state index contributed by atoms with van der Waals surface area (Å²) in [7, 11) is 0. The first-order valence-electron chi connectivity index (χ1n) is 5.08. The van der Waals surface area contributed by atoms with Crippen LogP contribution in [-0.2, 0) is 23.8 Å². The first-order chi connectivity index (χ1) is 6.98. The Labute approximate surface area is 86.7 Å². The van der Waals surface area contributed by atoms with Crippen molar-refractivity contribution >= 4 is 11.8 Å². The highest BCUT2D eigenvalue weighted by Gasteiger charge is 2.61. The number of hydrogen-bond donors (Lipinski definition) is 0. The number of hydrogen-bond acceptors (Lipinski definition) is 5. The van der Waals surface area contributed by atoms with E-state index in [1.807, 2.05) is 13.8 Å². The van der Waals surface area contributed by atoms with Gasteiger partial charge >= 0.3 is 5.97 Å². The molecule has 3 rings (SSSR count). The number of Topliss-reactive ketones (excluding diaryl/α,β-unsaturated/α-hetero) is 1. The molecule has 0 aromatic heterocycles. The van der Waals surface area contributed by atoms with Gasteiger partial charge in [0.2, 0.25) is 5.78 Å². The van der Waals surface area contributed by atoms with E-state index in [2.05, 4.69) is 0 Å². The normalized spacial score (nSPS) is 46.5. The maximum atomic E-state index is 11.4. The Balaban J connectivity index is 1.86. The smallest absolute Gasteiger partial charge is 0.375 e. The van der Waals surface area contributed by atoms with Gasteiger partial charge in [0, 0.05) is 0 Å². The van der Waals surface area contributed by atoms with Gasteiger partial charge in [-0.3, -0.25) is 4.79 Å². The molecule has 2 heterocycles. The van der Waals surface area contributed by atoms with E-state index in [0.29, 0.717) is 6.42 Å². The zero-order chi connectivity index (χ0) is 10.8. The van der Waals surface area contributed by atoms with Crippen LogP contribution in [0.5, 0.6) is 0 Å². The van der Waals surface area contributed by atoms with Gasteiger partial charge in [-0.05, 0) is 20.3 Å². The zero-order valence-electron chi connectivity index (χ0n) is 8.56. The molecule has 0 N–H and O–H groups in total. The molecule has 5 heteroatoms. The molecule has 0 aromatic rings.